The van der Waals surface area contributed by atoms with Crippen LogP contribution in [-0.2, 0) is 16.0 Å². The van der Waals surface area contributed by atoms with Crippen LogP contribution in [0, 0.1) is 0 Å². The highest BCUT2D eigenvalue weighted by atomic mass is 35.5. The van der Waals surface area contributed by atoms with Crippen LogP contribution >= 0.6 is 23.2 Å². The van der Waals surface area contributed by atoms with E-state index in [9.17, 15) is 9.59 Å². The van der Waals surface area contributed by atoms with E-state index in [1.54, 1.807) is 42.5 Å². The fourth-order valence-electron chi connectivity index (χ4n) is 2.29. The zero-order chi connectivity index (χ0) is 18.4. The highest BCUT2D eigenvalue weighted by Gasteiger charge is 2.23. The van der Waals surface area contributed by atoms with Crippen molar-refractivity contribution in [2.75, 3.05) is 14.2 Å². The van der Waals surface area contributed by atoms with Crippen LogP contribution in [0.1, 0.15) is 15.9 Å². The minimum atomic E-state index is -0.877. The SMILES string of the molecule is COC(=O)[C@H](Cc1ccc(OC)c(Cl)c1)NC(=O)c1ccccc1Cl. The molecule has 0 aliphatic heterocycles. The maximum Gasteiger partial charge on any atom is 0.328 e. The average Bonchev–Trinajstić information content (AvgIpc) is 2.61. The fraction of sp³-hybridized carbons (Fsp3) is 0.222. The van der Waals surface area contributed by atoms with E-state index in [-0.39, 0.29) is 12.0 Å². The van der Waals surface area contributed by atoms with Gasteiger partial charge in [-0.2, -0.15) is 0 Å². The second kappa shape index (κ2) is 8.74. The van der Waals surface area contributed by atoms with Crippen LogP contribution in [0.15, 0.2) is 42.5 Å². The van der Waals surface area contributed by atoms with E-state index >= 15 is 0 Å². The number of hydrogen-bond acceptors (Lipinski definition) is 4. The van der Waals surface area contributed by atoms with Crippen LogP contribution < -0.4 is 10.1 Å². The quantitative estimate of drug-likeness (QED) is 0.777. The van der Waals surface area contributed by atoms with Crippen LogP contribution in [0.2, 0.25) is 10.0 Å². The summed E-state index contributed by atoms with van der Waals surface area (Å²) in [5, 5.41) is 3.37. The highest BCUT2D eigenvalue weighted by Crippen LogP contribution is 2.25. The lowest BCUT2D eigenvalue weighted by Gasteiger charge is -2.17. The number of carbonyl (C=O) groups excluding carboxylic acids is 2. The van der Waals surface area contributed by atoms with Crippen LogP contribution in [0.25, 0.3) is 0 Å². The first kappa shape index (κ1) is 19.1. The van der Waals surface area contributed by atoms with Gasteiger partial charge in [0.05, 0.1) is 29.8 Å². The van der Waals surface area contributed by atoms with E-state index in [2.05, 4.69) is 5.32 Å². The van der Waals surface area contributed by atoms with Gasteiger partial charge in [-0.15, -0.1) is 0 Å². The average molecular weight is 382 g/mol. The van der Waals surface area contributed by atoms with Crippen molar-refractivity contribution in [3.05, 3.63) is 63.6 Å². The molecular formula is C18H17Cl2NO4. The number of esters is 1. The summed E-state index contributed by atoms with van der Waals surface area (Å²) in [6.07, 6.45) is 0.215. The molecule has 0 heterocycles. The summed E-state index contributed by atoms with van der Waals surface area (Å²) in [6, 6.07) is 10.9. The molecule has 0 aliphatic rings. The van der Waals surface area contributed by atoms with Gasteiger partial charge >= 0.3 is 5.97 Å². The molecule has 0 aromatic heterocycles. The van der Waals surface area contributed by atoms with Gasteiger partial charge in [-0.1, -0.05) is 41.4 Å². The van der Waals surface area contributed by atoms with Crippen molar-refractivity contribution in [1.29, 1.82) is 0 Å². The van der Waals surface area contributed by atoms with Crippen LogP contribution in [0.3, 0.4) is 0 Å². The fourth-order valence-corrected chi connectivity index (χ4v) is 2.79. The summed E-state index contributed by atoms with van der Waals surface area (Å²) >= 11 is 12.1. The number of halogens is 2. The zero-order valence-electron chi connectivity index (χ0n) is 13.7. The van der Waals surface area contributed by atoms with Gasteiger partial charge in [0, 0.05) is 6.42 Å². The number of rotatable bonds is 6. The maximum absolute atomic E-state index is 12.4. The predicted molar refractivity (Wildman–Crippen MR) is 96.4 cm³/mol. The standard InChI is InChI=1S/C18H17Cl2NO4/c1-24-16-8-7-11(9-14(16)20)10-15(18(23)25-2)21-17(22)12-5-3-4-6-13(12)19/h3-9,15H,10H2,1-2H3,(H,21,22)/t15-/m0/s1. The van der Waals surface area contributed by atoms with Crippen LogP contribution in [0.5, 0.6) is 5.75 Å². The van der Waals surface area contributed by atoms with Crippen molar-refractivity contribution in [3.8, 4) is 5.75 Å². The Hall–Kier alpha value is -2.24. The second-order valence-electron chi connectivity index (χ2n) is 5.20. The van der Waals surface area contributed by atoms with Gasteiger partial charge in [-0.25, -0.2) is 4.79 Å². The summed E-state index contributed by atoms with van der Waals surface area (Å²) in [6.45, 7) is 0. The lowest BCUT2D eigenvalue weighted by Crippen LogP contribution is -2.43. The lowest BCUT2D eigenvalue weighted by molar-refractivity contribution is -0.142. The third-order valence-electron chi connectivity index (χ3n) is 3.57. The lowest BCUT2D eigenvalue weighted by atomic mass is 10.0. The summed E-state index contributed by atoms with van der Waals surface area (Å²) in [4.78, 5) is 24.5. The van der Waals surface area contributed by atoms with E-state index in [0.29, 0.717) is 15.8 Å². The van der Waals surface area contributed by atoms with Crippen molar-refractivity contribution < 1.29 is 19.1 Å². The highest BCUT2D eigenvalue weighted by molar-refractivity contribution is 6.33. The maximum atomic E-state index is 12.4. The molecule has 1 atom stereocenters. The van der Waals surface area contributed by atoms with Crippen LogP contribution in [-0.4, -0.2) is 32.1 Å². The monoisotopic (exact) mass is 381 g/mol. The molecule has 2 aromatic rings. The van der Waals surface area contributed by atoms with E-state index < -0.39 is 17.9 Å². The molecule has 7 heteroatoms. The molecule has 0 saturated heterocycles. The molecule has 0 fully saturated rings. The second-order valence-corrected chi connectivity index (χ2v) is 6.02. The number of amides is 1. The third kappa shape index (κ3) is 4.87. The van der Waals surface area contributed by atoms with Crippen molar-refractivity contribution in [2.45, 2.75) is 12.5 Å². The molecule has 0 bridgehead atoms. The Kier molecular flexibility index (Phi) is 6.67. The number of carbonyl (C=O) groups is 2. The van der Waals surface area contributed by atoms with Gasteiger partial charge in [0.15, 0.2) is 0 Å². The number of nitrogens with one attached hydrogen (secondary N) is 1. The van der Waals surface area contributed by atoms with E-state index in [1.165, 1.54) is 14.2 Å². The van der Waals surface area contributed by atoms with Crippen molar-refractivity contribution >= 4 is 35.1 Å². The molecule has 0 radical (unpaired) electrons. The summed E-state index contributed by atoms with van der Waals surface area (Å²) in [5.74, 6) is -0.493. The molecule has 0 unspecified atom stereocenters. The van der Waals surface area contributed by atoms with Gasteiger partial charge in [-0.3, -0.25) is 4.79 Å². The Morgan fingerprint density at radius 2 is 1.80 bits per heavy atom. The topological polar surface area (TPSA) is 64.6 Å². The summed E-state index contributed by atoms with van der Waals surface area (Å²) in [7, 11) is 2.78. The van der Waals surface area contributed by atoms with E-state index in [4.69, 9.17) is 32.7 Å². The van der Waals surface area contributed by atoms with E-state index in [1.807, 2.05) is 0 Å². The normalized spacial score (nSPS) is 11.5. The zero-order valence-corrected chi connectivity index (χ0v) is 15.2. The summed E-state index contributed by atoms with van der Waals surface area (Å²) in [5.41, 5.74) is 1.03. The molecule has 25 heavy (non-hydrogen) atoms. The number of benzene rings is 2. The molecule has 5 nitrogen and oxygen atoms in total. The molecule has 1 amide bonds. The Balaban J connectivity index is 2.19. The van der Waals surface area contributed by atoms with Gasteiger partial charge in [0.1, 0.15) is 11.8 Å². The Morgan fingerprint density at radius 3 is 2.40 bits per heavy atom. The summed E-state index contributed by atoms with van der Waals surface area (Å²) < 4.78 is 9.88. The first-order valence-corrected chi connectivity index (χ1v) is 8.17. The minimum absolute atomic E-state index is 0.215. The molecule has 0 spiro atoms. The van der Waals surface area contributed by atoms with Gasteiger partial charge in [-0.05, 0) is 29.8 Å². The van der Waals surface area contributed by atoms with Crippen molar-refractivity contribution in [3.63, 3.8) is 0 Å². The molecule has 132 valence electrons. The Bertz CT molecular complexity index is 779. The van der Waals surface area contributed by atoms with Crippen molar-refractivity contribution in [1.82, 2.24) is 5.32 Å². The predicted octanol–water partition coefficient (Wildman–Crippen LogP) is 3.52. The Morgan fingerprint density at radius 1 is 1.08 bits per heavy atom. The molecule has 2 aromatic carbocycles. The van der Waals surface area contributed by atoms with Gasteiger partial charge < -0.3 is 14.8 Å². The Labute approximate surface area is 155 Å². The third-order valence-corrected chi connectivity index (χ3v) is 4.19. The van der Waals surface area contributed by atoms with Crippen LogP contribution in [0.4, 0.5) is 0 Å². The smallest absolute Gasteiger partial charge is 0.328 e. The van der Waals surface area contributed by atoms with Gasteiger partial charge in [0.25, 0.3) is 5.91 Å². The molecule has 2 rings (SSSR count). The number of ether oxygens (including phenoxy) is 2. The van der Waals surface area contributed by atoms with Gasteiger partial charge in [0.2, 0.25) is 0 Å². The molecular weight excluding hydrogens is 365 g/mol. The van der Waals surface area contributed by atoms with E-state index in [0.717, 1.165) is 5.56 Å². The first-order valence-electron chi connectivity index (χ1n) is 7.42. The first-order chi connectivity index (χ1) is 12.0. The largest absolute Gasteiger partial charge is 0.495 e. The minimum Gasteiger partial charge on any atom is -0.495 e. The van der Waals surface area contributed by atoms with Crippen molar-refractivity contribution in [2.24, 2.45) is 0 Å². The molecule has 1 N–H and O–H groups in total. The molecule has 0 saturated carbocycles. The number of hydrogen-bond donors (Lipinski definition) is 1. The number of methoxy groups -OCH3 is 2. The molecule has 0 aliphatic carbocycles.